The number of guanidine groups is 1. The second-order valence-corrected chi connectivity index (χ2v) is 8.06. The number of aliphatic imine (C=N–C) groups is 1. The monoisotopic (exact) mass is 321 g/mol. The second kappa shape index (κ2) is 7.39. The fraction of sp³-hybridized carbons (Fsp3) is 0.944. The molecule has 2 aliphatic heterocycles. The molecule has 1 atom stereocenters. The van der Waals surface area contributed by atoms with Crippen molar-refractivity contribution in [2.45, 2.75) is 44.6 Å². The van der Waals surface area contributed by atoms with Crippen molar-refractivity contribution in [3.63, 3.8) is 0 Å². The van der Waals surface area contributed by atoms with Crippen LogP contribution in [0.15, 0.2) is 4.99 Å². The lowest BCUT2D eigenvalue weighted by atomic mass is 9.73. The Morgan fingerprint density at radius 2 is 1.87 bits per heavy atom. The number of rotatable bonds is 2. The molecule has 132 valence electrons. The summed E-state index contributed by atoms with van der Waals surface area (Å²) in [6.07, 6.45) is 8.52. The Bertz CT molecular complexity index is 416. The maximum absolute atomic E-state index is 4.58. The summed E-state index contributed by atoms with van der Waals surface area (Å²) >= 11 is 0. The van der Waals surface area contributed by atoms with E-state index in [4.69, 9.17) is 0 Å². The van der Waals surface area contributed by atoms with Gasteiger partial charge in [-0.15, -0.1) is 0 Å². The highest BCUT2D eigenvalue weighted by molar-refractivity contribution is 5.80. The van der Waals surface area contributed by atoms with Crippen LogP contribution in [0, 0.1) is 5.41 Å². The number of hydrogen-bond acceptors (Lipinski definition) is 3. The predicted molar refractivity (Wildman–Crippen MR) is 97.0 cm³/mol. The van der Waals surface area contributed by atoms with Crippen molar-refractivity contribution in [2.24, 2.45) is 10.4 Å². The highest BCUT2D eigenvalue weighted by Gasteiger charge is 2.39. The molecule has 0 aromatic carbocycles. The van der Waals surface area contributed by atoms with Gasteiger partial charge in [0.25, 0.3) is 0 Å². The Balaban J connectivity index is 1.52. The van der Waals surface area contributed by atoms with Gasteiger partial charge in [0, 0.05) is 52.4 Å². The standard InChI is InChI=1S/C18H35N5/c1-19-17(20-13-16-14-21(2)11-12-22(16)3)23-10-9-18(15-23)7-5-4-6-8-18/h16H,4-15H2,1-3H3,(H,19,20). The van der Waals surface area contributed by atoms with Crippen LogP contribution in [-0.2, 0) is 0 Å². The maximum atomic E-state index is 4.58. The van der Waals surface area contributed by atoms with E-state index in [-0.39, 0.29) is 0 Å². The van der Waals surface area contributed by atoms with Crippen LogP contribution >= 0.6 is 0 Å². The van der Waals surface area contributed by atoms with E-state index in [1.807, 2.05) is 7.05 Å². The Labute approximate surface area is 142 Å². The van der Waals surface area contributed by atoms with E-state index in [0.717, 1.165) is 25.6 Å². The van der Waals surface area contributed by atoms with Crippen LogP contribution in [0.3, 0.4) is 0 Å². The normalized spacial score (nSPS) is 30.1. The highest BCUT2D eigenvalue weighted by Crippen LogP contribution is 2.43. The summed E-state index contributed by atoms with van der Waals surface area (Å²) < 4.78 is 0. The number of piperazine rings is 1. The van der Waals surface area contributed by atoms with Crippen molar-refractivity contribution in [3.8, 4) is 0 Å². The van der Waals surface area contributed by atoms with E-state index in [1.165, 1.54) is 58.2 Å². The van der Waals surface area contributed by atoms with Crippen LogP contribution in [0.4, 0.5) is 0 Å². The van der Waals surface area contributed by atoms with Crippen LogP contribution < -0.4 is 5.32 Å². The van der Waals surface area contributed by atoms with Gasteiger partial charge in [0.15, 0.2) is 5.96 Å². The van der Waals surface area contributed by atoms with Gasteiger partial charge in [-0.25, -0.2) is 0 Å². The highest BCUT2D eigenvalue weighted by atomic mass is 15.3. The van der Waals surface area contributed by atoms with Crippen molar-refractivity contribution in [1.82, 2.24) is 20.0 Å². The van der Waals surface area contributed by atoms with Gasteiger partial charge in [0.1, 0.15) is 0 Å². The van der Waals surface area contributed by atoms with Crippen LogP contribution in [0.2, 0.25) is 0 Å². The smallest absolute Gasteiger partial charge is 0.193 e. The molecule has 1 saturated carbocycles. The van der Waals surface area contributed by atoms with Gasteiger partial charge in [-0.1, -0.05) is 19.3 Å². The number of likely N-dealkylation sites (N-methyl/N-ethyl adjacent to an activating group) is 2. The number of nitrogens with one attached hydrogen (secondary N) is 1. The first-order chi connectivity index (χ1) is 11.1. The van der Waals surface area contributed by atoms with Crippen molar-refractivity contribution in [1.29, 1.82) is 0 Å². The number of nitrogens with zero attached hydrogens (tertiary/aromatic N) is 4. The Kier molecular flexibility index (Phi) is 5.47. The van der Waals surface area contributed by atoms with Crippen molar-refractivity contribution in [2.75, 3.05) is 60.4 Å². The zero-order valence-electron chi connectivity index (χ0n) is 15.4. The molecule has 1 N–H and O–H groups in total. The lowest BCUT2D eigenvalue weighted by Gasteiger charge is -2.38. The molecule has 0 amide bonds. The largest absolute Gasteiger partial charge is 0.355 e. The molecular formula is C18H35N5. The van der Waals surface area contributed by atoms with Crippen LogP contribution in [-0.4, -0.2) is 87.1 Å². The molecule has 0 bridgehead atoms. The van der Waals surface area contributed by atoms with Crippen LogP contribution in [0.1, 0.15) is 38.5 Å². The summed E-state index contributed by atoms with van der Waals surface area (Å²) in [5.41, 5.74) is 0.595. The van der Waals surface area contributed by atoms with Crippen molar-refractivity contribution in [3.05, 3.63) is 0 Å². The minimum absolute atomic E-state index is 0.580. The summed E-state index contributed by atoms with van der Waals surface area (Å²) in [6.45, 7) is 6.87. The molecule has 23 heavy (non-hydrogen) atoms. The molecule has 1 aliphatic carbocycles. The molecule has 0 aromatic rings. The Hall–Kier alpha value is -0.810. The van der Waals surface area contributed by atoms with Crippen molar-refractivity contribution < 1.29 is 0 Å². The molecule has 3 rings (SSSR count). The predicted octanol–water partition coefficient (Wildman–Crippen LogP) is 1.46. The molecule has 5 heteroatoms. The summed E-state index contributed by atoms with van der Waals surface area (Å²) in [4.78, 5) is 12.0. The van der Waals surface area contributed by atoms with E-state index >= 15 is 0 Å². The van der Waals surface area contributed by atoms with E-state index in [0.29, 0.717) is 11.5 Å². The molecule has 2 heterocycles. The van der Waals surface area contributed by atoms with E-state index < -0.39 is 0 Å². The molecule has 5 nitrogen and oxygen atoms in total. The van der Waals surface area contributed by atoms with Gasteiger partial charge >= 0.3 is 0 Å². The minimum Gasteiger partial charge on any atom is -0.355 e. The summed E-state index contributed by atoms with van der Waals surface area (Å²) in [5, 5.41) is 3.66. The molecule has 3 aliphatic rings. The van der Waals surface area contributed by atoms with Crippen LogP contribution in [0.5, 0.6) is 0 Å². The second-order valence-electron chi connectivity index (χ2n) is 8.06. The average molecular weight is 322 g/mol. The van der Waals surface area contributed by atoms with Gasteiger partial charge in [0.2, 0.25) is 0 Å². The average Bonchev–Trinajstić information content (AvgIpc) is 2.95. The van der Waals surface area contributed by atoms with E-state index in [9.17, 15) is 0 Å². The topological polar surface area (TPSA) is 34.1 Å². The molecular weight excluding hydrogens is 286 g/mol. The third-order valence-electron chi connectivity index (χ3n) is 6.34. The molecule has 0 aromatic heterocycles. The first-order valence-corrected chi connectivity index (χ1v) is 9.46. The number of hydrogen-bond donors (Lipinski definition) is 1. The fourth-order valence-electron chi connectivity index (χ4n) is 4.69. The van der Waals surface area contributed by atoms with Gasteiger partial charge in [-0.05, 0) is 38.8 Å². The molecule has 2 saturated heterocycles. The fourth-order valence-corrected chi connectivity index (χ4v) is 4.69. The van der Waals surface area contributed by atoms with Gasteiger partial charge in [-0.2, -0.15) is 0 Å². The third-order valence-corrected chi connectivity index (χ3v) is 6.34. The molecule has 0 radical (unpaired) electrons. The minimum atomic E-state index is 0.580. The lowest BCUT2D eigenvalue weighted by Crippen LogP contribution is -2.55. The Morgan fingerprint density at radius 1 is 1.09 bits per heavy atom. The SMILES string of the molecule is CN=C(NCC1CN(C)CCN1C)N1CCC2(CCCCC2)C1. The maximum Gasteiger partial charge on any atom is 0.193 e. The van der Waals surface area contributed by atoms with Gasteiger partial charge in [-0.3, -0.25) is 9.89 Å². The zero-order valence-corrected chi connectivity index (χ0v) is 15.4. The summed E-state index contributed by atoms with van der Waals surface area (Å²) in [5.74, 6) is 1.12. The third kappa shape index (κ3) is 4.00. The molecule has 1 spiro atoms. The van der Waals surface area contributed by atoms with Crippen molar-refractivity contribution >= 4 is 5.96 Å². The number of likely N-dealkylation sites (tertiary alicyclic amines) is 1. The van der Waals surface area contributed by atoms with E-state index in [1.54, 1.807) is 0 Å². The lowest BCUT2D eigenvalue weighted by molar-refractivity contribution is 0.116. The van der Waals surface area contributed by atoms with Gasteiger partial charge < -0.3 is 15.1 Å². The van der Waals surface area contributed by atoms with Gasteiger partial charge in [0.05, 0.1) is 0 Å². The Morgan fingerprint density at radius 3 is 2.61 bits per heavy atom. The summed E-state index contributed by atoms with van der Waals surface area (Å²) in [7, 11) is 6.40. The zero-order chi connectivity index (χ0) is 16.3. The van der Waals surface area contributed by atoms with E-state index in [2.05, 4.69) is 39.1 Å². The quantitative estimate of drug-likeness (QED) is 0.617. The summed E-state index contributed by atoms with van der Waals surface area (Å²) in [6, 6.07) is 0.580. The first kappa shape index (κ1) is 17.0. The first-order valence-electron chi connectivity index (χ1n) is 9.46. The molecule has 3 fully saturated rings. The van der Waals surface area contributed by atoms with Crippen LogP contribution in [0.25, 0.3) is 0 Å². The molecule has 1 unspecified atom stereocenters.